The van der Waals surface area contributed by atoms with Crippen LogP contribution < -0.4 is 0 Å². The Morgan fingerprint density at radius 1 is 0.850 bits per heavy atom. The lowest BCUT2D eigenvalue weighted by Crippen LogP contribution is -2.25. The summed E-state index contributed by atoms with van der Waals surface area (Å²) in [5.74, 6) is -0.241. The highest BCUT2D eigenvalue weighted by Crippen LogP contribution is 2.15. The molecule has 0 aromatic heterocycles. The summed E-state index contributed by atoms with van der Waals surface area (Å²) in [5.41, 5.74) is -0.381. The van der Waals surface area contributed by atoms with Crippen molar-refractivity contribution in [3.8, 4) is 0 Å². The van der Waals surface area contributed by atoms with Gasteiger partial charge >= 0.3 is 5.97 Å². The van der Waals surface area contributed by atoms with Crippen molar-refractivity contribution in [3.05, 3.63) is 0 Å². The average Bonchev–Trinajstić information content (AvgIpc) is 2.43. The number of carbonyl (C=O) groups is 1. The van der Waals surface area contributed by atoms with Gasteiger partial charge in [-0.25, -0.2) is 4.79 Å². The first-order chi connectivity index (χ1) is 9.52. The molecule has 0 atom stereocenters. The average molecular weight is 286 g/mol. The van der Waals surface area contributed by atoms with Crippen LogP contribution in [0, 0.1) is 0 Å². The zero-order valence-corrected chi connectivity index (χ0v) is 14.0. The molecule has 0 saturated heterocycles. The highest BCUT2D eigenvalue weighted by molar-refractivity contribution is 5.68. The zero-order valence-electron chi connectivity index (χ0n) is 14.0. The van der Waals surface area contributed by atoms with Gasteiger partial charge in [-0.3, -0.25) is 4.89 Å². The Hall–Kier alpha value is -0.570. The lowest BCUT2D eigenvalue weighted by molar-refractivity contribution is -0.325. The lowest BCUT2D eigenvalue weighted by Gasteiger charge is -2.20. The van der Waals surface area contributed by atoms with Crippen molar-refractivity contribution in [3.63, 3.8) is 0 Å². The van der Waals surface area contributed by atoms with E-state index >= 15 is 0 Å². The van der Waals surface area contributed by atoms with Gasteiger partial charge in [0.25, 0.3) is 0 Å². The Morgan fingerprint density at radius 3 is 1.85 bits per heavy atom. The Balaban J connectivity index is 3.32. The molecule has 0 saturated carbocycles. The summed E-state index contributed by atoms with van der Waals surface area (Å²) in [6, 6.07) is 0. The molecule has 20 heavy (non-hydrogen) atoms. The van der Waals surface area contributed by atoms with Crippen LogP contribution in [0.25, 0.3) is 0 Å². The van der Waals surface area contributed by atoms with Gasteiger partial charge in [0, 0.05) is 6.42 Å². The van der Waals surface area contributed by atoms with Gasteiger partial charge in [0.15, 0.2) is 0 Å². The largest absolute Gasteiger partial charge is 0.342 e. The molecule has 0 radical (unpaired) electrons. The van der Waals surface area contributed by atoms with Gasteiger partial charge < -0.3 is 0 Å². The maximum absolute atomic E-state index is 11.5. The van der Waals surface area contributed by atoms with Gasteiger partial charge in [0.2, 0.25) is 0 Å². The molecule has 0 spiro atoms. The summed E-state index contributed by atoms with van der Waals surface area (Å²) in [5, 5.41) is 0. The molecule has 0 bridgehead atoms. The first-order valence-electron chi connectivity index (χ1n) is 8.40. The minimum atomic E-state index is -0.381. The van der Waals surface area contributed by atoms with Crippen LogP contribution in [0.4, 0.5) is 0 Å². The molecule has 0 amide bonds. The maximum Gasteiger partial charge on any atom is 0.342 e. The molecule has 3 nitrogen and oxygen atoms in total. The fourth-order valence-corrected chi connectivity index (χ4v) is 1.84. The van der Waals surface area contributed by atoms with Crippen LogP contribution in [0.15, 0.2) is 0 Å². The van der Waals surface area contributed by atoms with Gasteiger partial charge in [0.1, 0.15) is 5.60 Å². The van der Waals surface area contributed by atoms with Crippen LogP contribution in [-0.4, -0.2) is 11.6 Å². The molecule has 0 aliphatic heterocycles. The van der Waals surface area contributed by atoms with Gasteiger partial charge in [-0.05, 0) is 26.7 Å². The monoisotopic (exact) mass is 286 g/mol. The van der Waals surface area contributed by atoms with E-state index in [2.05, 4.69) is 6.92 Å². The quantitative estimate of drug-likeness (QED) is 0.252. The van der Waals surface area contributed by atoms with Gasteiger partial charge in [0.05, 0.1) is 0 Å². The third kappa shape index (κ3) is 12.5. The Labute approximate surface area is 125 Å². The third-order valence-corrected chi connectivity index (χ3v) is 3.70. The predicted octanol–water partition coefficient (Wildman–Crippen LogP) is 5.57. The summed E-state index contributed by atoms with van der Waals surface area (Å²) < 4.78 is 0. The first-order valence-corrected chi connectivity index (χ1v) is 8.40. The van der Waals surface area contributed by atoms with Crippen molar-refractivity contribution in [2.75, 3.05) is 0 Å². The van der Waals surface area contributed by atoms with Crippen molar-refractivity contribution >= 4 is 5.97 Å². The Kier molecular flexibility index (Phi) is 11.8. The lowest BCUT2D eigenvalue weighted by atomic mass is 10.1. The Bertz CT molecular complexity index is 236. The summed E-state index contributed by atoms with van der Waals surface area (Å²) >= 11 is 0. The third-order valence-electron chi connectivity index (χ3n) is 3.70. The van der Waals surface area contributed by atoms with Gasteiger partial charge in [-0.15, -0.1) is 0 Å². The maximum atomic E-state index is 11.5. The number of hydrogen-bond acceptors (Lipinski definition) is 3. The molecule has 0 unspecified atom stereocenters. The van der Waals surface area contributed by atoms with Crippen molar-refractivity contribution in [1.29, 1.82) is 0 Å². The van der Waals surface area contributed by atoms with Crippen LogP contribution in [0.5, 0.6) is 0 Å². The minimum absolute atomic E-state index is 0.241. The van der Waals surface area contributed by atoms with E-state index in [0.29, 0.717) is 6.42 Å². The van der Waals surface area contributed by atoms with Gasteiger partial charge in [-0.1, -0.05) is 65.2 Å². The minimum Gasteiger partial charge on any atom is -0.298 e. The second-order valence-electron chi connectivity index (χ2n) is 6.23. The second kappa shape index (κ2) is 12.2. The molecule has 0 aromatic carbocycles. The van der Waals surface area contributed by atoms with E-state index in [9.17, 15) is 4.79 Å². The fourth-order valence-electron chi connectivity index (χ4n) is 1.84. The predicted molar refractivity (Wildman–Crippen MR) is 83.4 cm³/mol. The number of hydrogen-bond donors (Lipinski definition) is 0. The summed E-state index contributed by atoms with van der Waals surface area (Å²) in [7, 11) is 0. The molecule has 0 rings (SSSR count). The molecule has 120 valence electrons. The van der Waals surface area contributed by atoms with Crippen LogP contribution in [0.2, 0.25) is 0 Å². The second-order valence-corrected chi connectivity index (χ2v) is 6.23. The Morgan fingerprint density at radius 2 is 1.35 bits per heavy atom. The summed E-state index contributed by atoms with van der Waals surface area (Å²) in [6.07, 6.45) is 12.5. The van der Waals surface area contributed by atoms with E-state index in [0.717, 1.165) is 19.3 Å². The van der Waals surface area contributed by atoms with Crippen molar-refractivity contribution in [2.45, 2.75) is 104 Å². The molecular formula is C17H34O3. The molecular weight excluding hydrogens is 252 g/mol. The fraction of sp³-hybridized carbons (Fsp3) is 0.941. The molecule has 0 N–H and O–H groups in total. The van der Waals surface area contributed by atoms with E-state index in [4.69, 9.17) is 9.78 Å². The number of unbranched alkanes of at least 4 members (excludes halogenated alkanes) is 8. The van der Waals surface area contributed by atoms with Gasteiger partial charge in [-0.2, -0.15) is 4.89 Å². The molecule has 0 aliphatic rings. The van der Waals surface area contributed by atoms with Crippen LogP contribution in [-0.2, 0) is 14.6 Å². The molecule has 0 fully saturated rings. The molecule has 3 heteroatoms. The van der Waals surface area contributed by atoms with Crippen molar-refractivity contribution < 1.29 is 14.6 Å². The number of rotatable bonds is 13. The standard InChI is InChI=1S/C17H34O3/c1-5-7-8-9-10-11-12-13-14-15-16(18)19-20-17(3,4)6-2/h5-15H2,1-4H3. The highest BCUT2D eigenvalue weighted by Gasteiger charge is 2.19. The number of carbonyl (C=O) groups excluding carboxylic acids is 1. The van der Waals surface area contributed by atoms with Crippen LogP contribution >= 0.6 is 0 Å². The smallest absolute Gasteiger partial charge is 0.298 e. The van der Waals surface area contributed by atoms with E-state index in [1.165, 1.54) is 44.9 Å². The summed E-state index contributed by atoms with van der Waals surface area (Å²) in [4.78, 5) is 21.4. The van der Waals surface area contributed by atoms with Crippen LogP contribution in [0.3, 0.4) is 0 Å². The molecule has 0 heterocycles. The first kappa shape index (κ1) is 19.4. The van der Waals surface area contributed by atoms with Crippen LogP contribution in [0.1, 0.15) is 98.3 Å². The normalized spacial score (nSPS) is 11.6. The van der Waals surface area contributed by atoms with Crippen molar-refractivity contribution in [2.24, 2.45) is 0 Å². The van der Waals surface area contributed by atoms with E-state index in [1.54, 1.807) is 0 Å². The van der Waals surface area contributed by atoms with E-state index in [1.807, 2.05) is 20.8 Å². The van der Waals surface area contributed by atoms with E-state index in [-0.39, 0.29) is 11.6 Å². The topological polar surface area (TPSA) is 35.5 Å². The van der Waals surface area contributed by atoms with Crippen molar-refractivity contribution in [1.82, 2.24) is 0 Å². The molecule has 0 aliphatic carbocycles. The molecule has 0 aromatic rings. The highest BCUT2D eigenvalue weighted by atomic mass is 17.2. The zero-order chi connectivity index (χ0) is 15.3. The SMILES string of the molecule is CCCCCCCCCCCC(=O)OOC(C)(C)CC. The summed E-state index contributed by atoms with van der Waals surface area (Å²) in [6.45, 7) is 8.08. The van der Waals surface area contributed by atoms with E-state index < -0.39 is 0 Å².